The molecule has 0 aliphatic heterocycles. The summed E-state index contributed by atoms with van der Waals surface area (Å²) in [4.78, 5) is 4.20. The first kappa shape index (κ1) is 15.8. The topological polar surface area (TPSA) is 48.3 Å². The molecule has 5 nitrogen and oxygen atoms in total. The summed E-state index contributed by atoms with van der Waals surface area (Å²) >= 11 is 5.95. The third kappa shape index (κ3) is 4.74. The lowest BCUT2D eigenvalue weighted by atomic mass is 10.2. The van der Waals surface area contributed by atoms with E-state index in [1.807, 2.05) is 25.2 Å². The van der Waals surface area contributed by atoms with E-state index >= 15 is 0 Å². The zero-order valence-electron chi connectivity index (χ0n) is 12.3. The molecular weight excluding hydrogens is 290 g/mol. The Morgan fingerprint density at radius 2 is 2.24 bits per heavy atom. The molecule has 1 aromatic carbocycles. The van der Waals surface area contributed by atoms with Gasteiger partial charge in [0.05, 0.1) is 12.8 Å². The van der Waals surface area contributed by atoms with E-state index in [1.165, 1.54) is 5.56 Å². The van der Waals surface area contributed by atoms with Gasteiger partial charge < -0.3 is 19.4 Å². The van der Waals surface area contributed by atoms with Crippen LogP contribution in [0.4, 0.5) is 0 Å². The molecule has 1 N–H and O–H groups in total. The molecule has 0 radical (unpaired) electrons. The molecule has 0 aliphatic carbocycles. The van der Waals surface area contributed by atoms with Crippen LogP contribution in [0.25, 0.3) is 0 Å². The zero-order valence-corrected chi connectivity index (χ0v) is 13.1. The Hall–Kier alpha value is -1.56. The Balaban J connectivity index is 1.87. The van der Waals surface area contributed by atoms with E-state index in [4.69, 9.17) is 21.1 Å². The van der Waals surface area contributed by atoms with Crippen molar-refractivity contribution in [1.29, 1.82) is 0 Å². The molecule has 21 heavy (non-hydrogen) atoms. The molecule has 0 saturated heterocycles. The first-order valence-electron chi connectivity index (χ1n) is 6.78. The van der Waals surface area contributed by atoms with Crippen molar-refractivity contribution in [3.8, 4) is 5.75 Å². The van der Waals surface area contributed by atoms with E-state index in [-0.39, 0.29) is 0 Å². The van der Waals surface area contributed by atoms with Crippen molar-refractivity contribution in [2.45, 2.75) is 13.2 Å². The molecule has 0 bridgehead atoms. The minimum absolute atomic E-state index is 0.393. The molecule has 0 spiro atoms. The van der Waals surface area contributed by atoms with Gasteiger partial charge in [-0.1, -0.05) is 23.7 Å². The summed E-state index contributed by atoms with van der Waals surface area (Å²) in [5.41, 5.74) is 1.17. The standard InChI is InChI=1S/C15H20ClN3O2/c1-19-14(16)10-18-15(19)11-21-13-5-3-4-12(8-13)9-17-6-7-20-2/h3-5,8,10,17H,6-7,9,11H2,1-2H3. The van der Waals surface area contributed by atoms with Crippen LogP contribution in [0.15, 0.2) is 30.5 Å². The van der Waals surface area contributed by atoms with Gasteiger partial charge in [-0.25, -0.2) is 4.98 Å². The Kier molecular flexibility index (Phi) is 6.04. The number of nitrogens with zero attached hydrogens (tertiary/aromatic N) is 2. The largest absolute Gasteiger partial charge is 0.486 e. The summed E-state index contributed by atoms with van der Waals surface area (Å²) in [5.74, 6) is 1.61. The number of benzene rings is 1. The fourth-order valence-corrected chi connectivity index (χ4v) is 2.00. The lowest BCUT2D eigenvalue weighted by Gasteiger charge is -2.09. The van der Waals surface area contributed by atoms with Gasteiger partial charge in [0.15, 0.2) is 0 Å². The number of ether oxygens (including phenoxy) is 2. The number of aromatic nitrogens is 2. The summed E-state index contributed by atoms with van der Waals surface area (Å²) in [6.07, 6.45) is 1.62. The predicted molar refractivity (Wildman–Crippen MR) is 82.6 cm³/mol. The molecule has 6 heteroatoms. The van der Waals surface area contributed by atoms with Crippen molar-refractivity contribution < 1.29 is 9.47 Å². The highest BCUT2D eigenvalue weighted by atomic mass is 35.5. The first-order valence-corrected chi connectivity index (χ1v) is 7.16. The lowest BCUT2D eigenvalue weighted by Crippen LogP contribution is -2.18. The molecule has 0 atom stereocenters. The molecular formula is C15H20ClN3O2. The fraction of sp³-hybridized carbons (Fsp3) is 0.400. The Morgan fingerprint density at radius 1 is 1.38 bits per heavy atom. The van der Waals surface area contributed by atoms with Gasteiger partial charge in [0.1, 0.15) is 23.3 Å². The molecule has 1 aromatic heterocycles. The summed E-state index contributed by atoms with van der Waals surface area (Å²) in [5, 5.41) is 3.90. The summed E-state index contributed by atoms with van der Waals surface area (Å²) in [6, 6.07) is 7.99. The number of imidazole rings is 1. The molecule has 0 unspecified atom stereocenters. The van der Waals surface area contributed by atoms with Crippen LogP contribution in [-0.4, -0.2) is 29.8 Å². The second kappa shape index (κ2) is 8.02. The van der Waals surface area contributed by atoms with Crippen molar-refractivity contribution in [2.24, 2.45) is 7.05 Å². The SMILES string of the molecule is COCCNCc1cccc(OCc2ncc(Cl)n2C)c1. The number of rotatable bonds is 8. The maximum Gasteiger partial charge on any atom is 0.147 e. The minimum atomic E-state index is 0.393. The third-order valence-electron chi connectivity index (χ3n) is 3.11. The van der Waals surface area contributed by atoms with Crippen LogP contribution < -0.4 is 10.1 Å². The van der Waals surface area contributed by atoms with Gasteiger partial charge in [-0.15, -0.1) is 0 Å². The maximum atomic E-state index is 5.95. The number of nitrogens with one attached hydrogen (secondary N) is 1. The third-order valence-corrected chi connectivity index (χ3v) is 3.46. The van der Waals surface area contributed by atoms with Gasteiger partial charge in [-0.2, -0.15) is 0 Å². The van der Waals surface area contributed by atoms with Crippen LogP contribution in [0.3, 0.4) is 0 Å². The van der Waals surface area contributed by atoms with Gasteiger partial charge in [-0.3, -0.25) is 0 Å². The van der Waals surface area contributed by atoms with Gasteiger partial charge in [0.25, 0.3) is 0 Å². The molecule has 114 valence electrons. The zero-order chi connectivity index (χ0) is 15.1. The van der Waals surface area contributed by atoms with Gasteiger partial charge in [-0.05, 0) is 17.7 Å². The van der Waals surface area contributed by atoms with Crippen LogP contribution in [0.1, 0.15) is 11.4 Å². The molecule has 2 rings (SSSR count). The normalized spacial score (nSPS) is 10.8. The van der Waals surface area contributed by atoms with Crippen LogP contribution in [0, 0.1) is 0 Å². The van der Waals surface area contributed by atoms with E-state index in [9.17, 15) is 0 Å². The highest BCUT2D eigenvalue weighted by Gasteiger charge is 2.05. The second-order valence-electron chi connectivity index (χ2n) is 4.66. The lowest BCUT2D eigenvalue weighted by molar-refractivity contribution is 0.199. The van der Waals surface area contributed by atoms with Crippen molar-refractivity contribution in [2.75, 3.05) is 20.3 Å². The average molecular weight is 310 g/mol. The molecule has 0 aliphatic rings. The Labute approximate surface area is 129 Å². The smallest absolute Gasteiger partial charge is 0.147 e. The van der Waals surface area contributed by atoms with Crippen LogP contribution in [-0.2, 0) is 24.9 Å². The van der Waals surface area contributed by atoms with E-state index in [1.54, 1.807) is 17.9 Å². The summed E-state index contributed by atoms with van der Waals surface area (Å²) in [6.45, 7) is 2.71. The molecule has 0 fully saturated rings. The highest BCUT2D eigenvalue weighted by Crippen LogP contribution is 2.16. The van der Waals surface area contributed by atoms with Gasteiger partial charge in [0, 0.05) is 27.2 Å². The van der Waals surface area contributed by atoms with E-state index in [0.29, 0.717) is 18.4 Å². The molecule has 1 heterocycles. The number of halogens is 1. The quantitative estimate of drug-likeness (QED) is 0.761. The van der Waals surface area contributed by atoms with Crippen LogP contribution >= 0.6 is 11.6 Å². The van der Waals surface area contributed by atoms with Gasteiger partial charge >= 0.3 is 0 Å². The van der Waals surface area contributed by atoms with Crippen molar-refractivity contribution in [3.63, 3.8) is 0 Å². The van der Waals surface area contributed by atoms with Crippen molar-refractivity contribution in [3.05, 3.63) is 47.0 Å². The van der Waals surface area contributed by atoms with E-state index in [0.717, 1.165) is 24.7 Å². The van der Waals surface area contributed by atoms with E-state index < -0.39 is 0 Å². The van der Waals surface area contributed by atoms with Gasteiger partial charge in [0.2, 0.25) is 0 Å². The summed E-state index contributed by atoms with van der Waals surface area (Å²) in [7, 11) is 3.56. The van der Waals surface area contributed by atoms with Crippen molar-refractivity contribution in [1.82, 2.24) is 14.9 Å². The first-order chi connectivity index (χ1) is 10.2. The maximum absolute atomic E-state index is 5.95. The Bertz CT molecular complexity index is 572. The number of hydrogen-bond acceptors (Lipinski definition) is 4. The predicted octanol–water partition coefficient (Wildman–Crippen LogP) is 2.39. The van der Waals surface area contributed by atoms with E-state index in [2.05, 4.69) is 16.4 Å². The molecule has 0 amide bonds. The molecule has 2 aromatic rings. The monoisotopic (exact) mass is 309 g/mol. The second-order valence-corrected chi connectivity index (χ2v) is 5.05. The van der Waals surface area contributed by atoms with Crippen LogP contribution in [0.5, 0.6) is 5.75 Å². The highest BCUT2D eigenvalue weighted by molar-refractivity contribution is 6.29. The van der Waals surface area contributed by atoms with Crippen molar-refractivity contribution >= 4 is 11.6 Å². The molecule has 0 saturated carbocycles. The fourth-order valence-electron chi connectivity index (χ4n) is 1.86. The number of hydrogen-bond donors (Lipinski definition) is 1. The summed E-state index contributed by atoms with van der Waals surface area (Å²) < 4.78 is 12.6. The average Bonchev–Trinajstić information content (AvgIpc) is 2.82. The number of methoxy groups -OCH3 is 1. The Morgan fingerprint density at radius 3 is 2.95 bits per heavy atom. The minimum Gasteiger partial charge on any atom is -0.486 e. The van der Waals surface area contributed by atoms with Crippen LogP contribution in [0.2, 0.25) is 5.15 Å².